The summed E-state index contributed by atoms with van der Waals surface area (Å²) in [6, 6.07) is 0. The van der Waals surface area contributed by atoms with Gasteiger partial charge in [0.1, 0.15) is 0 Å². The molecule has 0 saturated heterocycles. The molecule has 0 aromatic carbocycles. The second-order valence-electron chi connectivity index (χ2n) is 3.02. The molecule has 0 bridgehead atoms. The molecule has 0 aliphatic carbocycles. The second kappa shape index (κ2) is 9.62. The molecule has 10 heavy (non-hydrogen) atoms. The Morgan fingerprint density at radius 1 is 1.30 bits per heavy atom. The average Bonchev–Trinajstić information content (AvgIpc) is 1.80. The quantitative estimate of drug-likeness (QED) is 0.463. The van der Waals surface area contributed by atoms with Gasteiger partial charge in [0.15, 0.2) is 0 Å². The van der Waals surface area contributed by atoms with Gasteiger partial charge in [0.05, 0.1) is 0 Å². The Morgan fingerprint density at radius 3 is 2.30 bits per heavy atom. The van der Waals surface area contributed by atoms with E-state index in [9.17, 15) is 0 Å². The minimum absolute atomic E-state index is 0. The molecule has 0 aliphatic rings. The van der Waals surface area contributed by atoms with Crippen LogP contribution in [0.2, 0.25) is 0 Å². The molecule has 0 heterocycles. The van der Waals surface area contributed by atoms with E-state index in [2.05, 4.69) is 27.2 Å². The molecule has 0 aliphatic heterocycles. The van der Waals surface area contributed by atoms with E-state index in [1.165, 1.54) is 25.7 Å². The molecule has 0 fully saturated rings. The van der Waals surface area contributed by atoms with Crippen LogP contribution in [0, 0.1) is 12.3 Å². The molecular formula is C9H19Zn. The molecule has 0 aromatic rings. The number of rotatable bonds is 5. The van der Waals surface area contributed by atoms with E-state index in [0.717, 1.165) is 5.92 Å². The molecule has 1 radical (unpaired) electrons. The summed E-state index contributed by atoms with van der Waals surface area (Å²) >= 11 is 0. The fourth-order valence-corrected chi connectivity index (χ4v) is 0.875. The fraction of sp³-hybridized carbons (Fsp3) is 0.889. The molecule has 0 saturated carbocycles. The maximum Gasteiger partial charge on any atom is 0 e. The summed E-state index contributed by atoms with van der Waals surface area (Å²) in [6.07, 6.45) is 7.68. The topological polar surface area (TPSA) is 0 Å². The normalized spacial score (nSPS) is 9.60. The van der Waals surface area contributed by atoms with Gasteiger partial charge in [0.25, 0.3) is 0 Å². The van der Waals surface area contributed by atoms with Gasteiger partial charge in [-0.2, -0.15) is 0 Å². The molecule has 0 atom stereocenters. The Labute approximate surface area is 78.5 Å². The number of unbranched alkanes of at least 4 members (excludes halogenated alkanes) is 3. The Morgan fingerprint density at radius 2 is 1.90 bits per heavy atom. The first-order valence-electron chi connectivity index (χ1n) is 4.09. The predicted molar refractivity (Wildman–Crippen MR) is 43.3 cm³/mol. The molecular weight excluding hydrogens is 173 g/mol. The Bertz CT molecular complexity index is 50.7. The summed E-state index contributed by atoms with van der Waals surface area (Å²) in [4.78, 5) is 0. The van der Waals surface area contributed by atoms with Gasteiger partial charge in [0, 0.05) is 19.5 Å². The predicted octanol–water partition coefficient (Wildman–Crippen LogP) is 3.42. The van der Waals surface area contributed by atoms with E-state index in [4.69, 9.17) is 0 Å². The van der Waals surface area contributed by atoms with Crippen molar-refractivity contribution in [1.29, 1.82) is 0 Å². The third kappa shape index (κ3) is 11.4. The first kappa shape index (κ1) is 13.2. The molecule has 1 heteroatoms. The molecule has 0 nitrogen and oxygen atoms in total. The summed E-state index contributed by atoms with van der Waals surface area (Å²) in [7, 11) is 0. The van der Waals surface area contributed by atoms with Crippen LogP contribution >= 0.6 is 0 Å². The van der Waals surface area contributed by atoms with Crippen LogP contribution in [0.3, 0.4) is 0 Å². The smallest absolute Gasteiger partial charge is 0 e. The molecule has 0 unspecified atom stereocenters. The SMILES string of the molecule is CC[CH]CCCC(C)C.[Zn]. The van der Waals surface area contributed by atoms with Crippen LogP contribution in [0.4, 0.5) is 0 Å². The maximum atomic E-state index is 2.36. The van der Waals surface area contributed by atoms with Crippen LogP contribution < -0.4 is 0 Å². The first-order chi connectivity index (χ1) is 4.27. The van der Waals surface area contributed by atoms with E-state index in [0.29, 0.717) is 0 Å². The van der Waals surface area contributed by atoms with Gasteiger partial charge >= 0.3 is 0 Å². The van der Waals surface area contributed by atoms with Gasteiger partial charge in [-0.15, -0.1) is 0 Å². The minimum atomic E-state index is 0. The zero-order valence-corrected chi connectivity index (χ0v) is 10.7. The van der Waals surface area contributed by atoms with Crippen molar-refractivity contribution < 1.29 is 19.5 Å². The van der Waals surface area contributed by atoms with Gasteiger partial charge in [-0.1, -0.05) is 46.5 Å². The van der Waals surface area contributed by atoms with Gasteiger partial charge in [-0.25, -0.2) is 0 Å². The molecule has 0 aromatic heterocycles. The van der Waals surface area contributed by atoms with Crippen LogP contribution in [0.5, 0.6) is 0 Å². The Balaban J connectivity index is 0. The summed E-state index contributed by atoms with van der Waals surface area (Å²) < 4.78 is 0. The average molecular weight is 193 g/mol. The van der Waals surface area contributed by atoms with E-state index in [1.807, 2.05) is 0 Å². The monoisotopic (exact) mass is 191 g/mol. The Hall–Kier alpha value is 0.623. The van der Waals surface area contributed by atoms with Crippen molar-refractivity contribution in [2.45, 2.75) is 46.5 Å². The summed E-state index contributed by atoms with van der Waals surface area (Å²) in [6.45, 7) is 6.77. The van der Waals surface area contributed by atoms with Crippen LogP contribution in [-0.4, -0.2) is 0 Å². The summed E-state index contributed by atoms with van der Waals surface area (Å²) in [5.74, 6) is 0.884. The van der Waals surface area contributed by atoms with Crippen molar-refractivity contribution in [3.63, 3.8) is 0 Å². The Kier molecular flexibility index (Phi) is 12.7. The van der Waals surface area contributed by atoms with Crippen molar-refractivity contribution in [3.8, 4) is 0 Å². The van der Waals surface area contributed by atoms with Crippen LogP contribution in [0.1, 0.15) is 46.5 Å². The second-order valence-corrected chi connectivity index (χ2v) is 3.02. The third-order valence-corrected chi connectivity index (χ3v) is 1.48. The minimum Gasteiger partial charge on any atom is -0.0651 e. The van der Waals surface area contributed by atoms with E-state index < -0.39 is 0 Å². The fourth-order valence-electron chi connectivity index (χ4n) is 0.875. The van der Waals surface area contributed by atoms with Crippen LogP contribution in [0.25, 0.3) is 0 Å². The van der Waals surface area contributed by atoms with Gasteiger partial charge in [0.2, 0.25) is 0 Å². The maximum absolute atomic E-state index is 2.36. The van der Waals surface area contributed by atoms with Crippen molar-refractivity contribution in [1.82, 2.24) is 0 Å². The molecule has 0 spiro atoms. The van der Waals surface area contributed by atoms with Crippen molar-refractivity contribution in [2.75, 3.05) is 0 Å². The van der Waals surface area contributed by atoms with E-state index in [-0.39, 0.29) is 19.5 Å². The zero-order chi connectivity index (χ0) is 7.11. The van der Waals surface area contributed by atoms with E-state index in [1.54, 1.807) is 0 Å². The van der Waals surface area contributed by atoms with Gasteiger partial charge in [-0.3, -0.25) is 0 Å². The van der Waals surface area contributed by atoms with Gasteiger partial charge in [-0.05, 0) is 12.3 Å². The largest absolute Gasteiger partial charge is 0.0651 e. The standard InChI is InChI=1S/C9H19.Zn/c1-4-5-6-7-8-9(2)3;/h5,9H,4,6-8H2,1-3H3;. The van der Waals surface area contributed by atoms with Crippen LogP contribution in [0.15, 0.2) is 0 Å². The molecule has 0 amide bonds. The molecule has 57 valence electrons. The number of hydrogen-bond donors (Lipinski definition) is 0. The van der Waals surface area contributed by atoms with E-state index >= 15 is 0 Å². The molecule has 0 rings (SSSR count). The molecule has 0 N–H and O–H groups in total. The summed E-state index contributed by atoms with van der Waals surface area (Å²) in [5, 5.41) is 0. The third-order valence-electron chi connectivity index (χ3n) is 1.48. The van der Waals surface area contributed by atoms with Crippen LogP contribution in [-0.2, 0) is 19.5 Å². The number of hydrogen-bond acceptors (Lipinski definition) is 0. The van der Waals surface area contributed by atoms with Crippen molar-refractivity contribution >= 4 is 0 Å². The van der Waals surface area contributed by atoms with Crippen molar-refractivity contribution in [3.05, 3.63) is 6.42 Å². The van der Waals surface area contributed by atoms with Crippen molar-refractivity contribution in [2.24, 2.45) is 5.92 Å². The first-order valence-corrected chi connectivity index (χ1v) is 4.09. The van der Waals surface area contributed by atoms with Gasteiger partial charge < -0.3 is 0 Å². The summed E-state index contributed by atoms with van der Waals surface area (Å²) in [5.41, 5.74) is 0. The zero-order valence-electron chi connectivity index (χ0n) is 7.69.